The molecule has 0 spiro atoms. The van der Waals surface area contributed by atoms with Crippen molar-refractivity contribution >= 4 is 23.0 Å². The fraction of sp³-hybridized carbons (Fsp3) is 0.467. The molecular weight excluding hydrogens is 311 g/mol. The zero-order valence-corrected chi connectivity index (χ0v) is 12.4. The highest BCUT2D eigenvalue weighted by Crippen LogP contribution is 2.33. The Morgan fingerprint density at radius 1 is 1.35 bits per heavy atom. The third kappa shape index (κ3) is 3.25. The van der Waals surface area contributed by atoms with E-state index in [2.05, 4.69) is 10.3 Å². The first-order valence-corrected chi connectivity index (χ1v) is 7.30. The van der Waals surface area contributed by atoms with E-state index in [1.807, 2.05) is 12.1 Å². The number of nitrogens with zero attached hydrogens (tertiary/aromatic N) is 2. The molecule has 0 bridgehead atoms. The molecule has 23 heavy (non-hydrogen) atoms. The first kappa shape index (κ1) is 15.6. The summed E-state index contributed by atoms with van der Waals surface area (Å²) < 4.78 is 44.5. The van der Waals surface area contributed by atoms with Crippen LogP contribution in [0.3, 0.4) is 0 Å². The summed E-state index contributed by atoms with van der Waals surface area (Å²) in [6, 6.07) is 5.38. The van der Waals surface area contributed by atoms with Crippen molar-refractivity contribution in [2.75, 3.05) is 11.9 Å². The molecule has 2 heterocycles. The Balaban J connectivity index is 1.73. The number of carbonyl (C=O) groups is 1. The highest BCUT2D eigenvalue weighted by molar-refractivity contribution is 5.75. The minimum Gasteiger partial charge on any atom is -0.424 e. The lowest BCUT2D eigenvalue weighted by atomic mass is 9.97. The number of rotatable bonds is 2. The van der Waals surface area contributed by atoms with Crippen LogP contribution in [0.15, 0.2) is 28.7 Å². The predicted octanol–water partition coefficient (Wildman–Crippen LogP) is 3.18. The van der Waals surface area contributed by atoms with Gasteiger partial charge in [-0.25, -0.2) is 0 Å². The minimum absolute atomic E-state index is 0.0295. The SMILES string of the molecule is CC(=O)N1C[C@H](Nc2nc3ccccc3o2)CC[C@H]1C(F)(F)F. The molecule has 1 amide bonds. The van der Waals surface area contributed by atoms with Crippen molar-refractivity contribution in [3.8, 4) is 0 Å². The van der Waals surface area contributed by atoms with Crippen molar-refractivity contribution in [2.24, 2.45) is 0 Å². The van der Waals surface area contributed by atoms with E-state index in [0.29, 0.717) is 11.1 Å². The molecule has 1 aliphatic rings. The molecule has 0 aliphatic carbocycles. The molecule has 3 rings (SSSR count). The molecule has 2 atom stereocenters. The number of oxazole rings is 1. The van der Waals surface area contributed by atoms with Gasteiger partial charge in [0.25, 0.3) is 6.01 Å². The van der Waals surface area contributed by atoms with E-state index >= 15 is 0 Å². The summed E-state index contributed by atoms with van der Waals surface area (Å²) in [4.78, 5) is 16.7. The lowest BCUT2D eigenvalue weighted by molar-refractivity contribution is -0.195. The standard InChI is InChI=1S/C15H16F3N3O2/c1-9(22)21-8-10(6-7-13(21)15(16,17)18)19-14-20-11-4-2-3-5-12(11)23-14/h2-5,10,13H,6-8H2,1H3,(H,19,20)/t10-,13+/m1/s1. The molecule has 0 radical (unpaired) electrons. The Morgan fingerprint density at radius 2 is 2.09 bits per heavy atom. The summed E-state index contributed by atoms with van der Waals surface area (Å²) in [6.45, 7) is 1.12. The van der Waals surface area contributed by atoms with Crippen LogP contribution in [-0.2, 0) is 4.79 Å². The lowest BCUT2D eigenvalue weighted by Crippen LogP contribution is -2.55. The Kier molecular flexibility index (Phi) is 3.91. The van der Waals surface area contributed by atoms with Crippen molar-refractivity contribution in [3.05, 3.63) is 24.3 Å². The van der Waals surface area contributed by atoms with Crippen LogP contribution in [0, 0.1) is 0 Å². The quantitative estimate of drug-likeness (QED) is 0.920. The number of carbonyl (C=O) groups excluding carboxylic acids is 1. The third-order valence-corrected chi connectivity index (χ3v) is 3.99. The molecule has 1 fully saturated rings. The van der Waals surface area contributed by atoms with Gasteiger partial charge in [0.15, 0.2) is 5.58 Å². The first-order chi connectivity index (χ1) is 10.8. The number of nitrogens with one attached hydrogen (secondary N) is 1. The smallest absolute Gasteiger partial charge is 0.408 e. The molecule has 1 aromatic carbocycles. The predicted molar refractivity (Wildman–Crippen MR) is 77.9 cm³/mol. The van der Waals surface area contributed by atoms with Gasteiger partial charge < -0.3 is 14.6 Å². The second kappa shape index (κ2) is 5.75. The van der Waals surface area contributed by atoms with E-state index in [1.165, 1.54) is 0 Å². The van der Waals surface area contributed by atoms with Crippen LogP contribution in [0.2, 0.25) is 0 Å². The van der Waals surface area contributed by atoms with Gasteiger partial charge in [0, 0.05) is 19.5 Å². The van der Waals surface area contributed by atoms with E-state index in [4.69, 9.17) is 4.42 Å². The van der Waals surface area contributed by atoms with Crippen LogP contribution in [0.5, 0.6) is 0 Å². The van der Waals surface area contributed by atoms with Crippen LogP contribution >= 0.6 is 0 Å². The number of amides is 1. The fourth-order valence-electron chi connectivity index (χ4n) is 2.89. The van der Waals surface area contributed by atoms with Gasteiger partial charge in [0.2, 0.25) is 5.91 Å². The highest BCUT2D eigenvalue weighted by Gasteiger charge is 2.47. The number of likely N-dealkylation sites (tertiary alicyclic amines) is 1. The van der Waals surface area contributed by atoms with Crippen molar-refractivity contribution in [3.63, 3.8) is 0 Å². The van der Waals surface area contributed by atoms with Gasteiger partial charge in [-0.2, -0.15) is 18.2 Å². The number of halogens is 3. The third-order valence-electron chi connectivity index (χ3n) is 3.99. The molecule has 1 saturated heterocycles. The number of piperidine rings is 1. The van der Waals surface area contributed by atoms with Gasteiger partial charge in [-0.3, -0.25) is 4.79 Å². The van der Waals surface area contributed by atoms with E-state index < -0.39 is 18.1 Å². The Labute approximate surface area is 130 Å². The molecule has 0 saturated carbocycles. The fourth-order valence-corrected chi connectivity index (χ4v) is 2.89. The molecular formula is C15H16F3N3O2. The Bertz CT molecular complexity index is 680. The van der Waals surface area contributed by atoms with Crippen molar-refractivity contribution < 1.29 is 22.4 Å². The van der Waals surface area contributed by atoms with Crippen molar-refractivity contribution in [1.29, 1.82) is 0 Å². The summed E-state index contributed by atoms with van der Waals surface area (Å²) in [6.07, 6.45) is -4.26. The number of fused-ring (bicyclic) bond motifs is 1. The lowest BCUT2D eigenvalue weighted by Gasteiger charge is -2.39. The molecule has 1 aliphatic heterocycles. The number of hydrogen-bond acceptors (Lipinski definition) is 4. The molecule has 124 valence electrons. The monoisotopic (exact) mass is 327 g/mol. The zero-order valence-electron chi connectivity index (χ0n) is 12.4. The largest absolute Gasteiger partial charge is 0.424 e. The topological polar surface area (TPSA) is 58.4 Å². The molecule has 2 aromatic rings. The summed E-state index contributed by atoms with van der Waals surface area (Å²) in [5.74, 6) is -0.587. The number of aromatic nitrogens is 1. The average molecular weight is 327 g/mol. The first-order valence-electron chi connectivity index (χ1n) is 7.30. The second-order valence-electron chi connectivity index (χ2n) is 5.63. The minimum atomic E-state index is -4.41. The highest BCUT2D eigenvalue weighted by atomic mass is 19.4. The maximum Gasteiger partial charge on any atom is 0.408 e. The summed E-state index contributed by atoms with van der Waals surface area (Å²) in [7, 11) is 0. The van der Waals surface area contributed by atoms with Gasteiger partial charge in [-0.1, -0.05) is 12.1 Å². The molecule has 0 unspecified atom stereocenters. The van der Waals surface area contributed by atoms with Gasteiger partial charge >= 0.3 is 6.18 Å². The number of hydrogen-bond donors (Lipinski definition) is 1. The van der Waals surface area contributed by atoms with Crippen LogP contribution in [0.4, 0.5) is 19.2 Å². The van der Waals surface area contributed by atoms with Gasteiger partial charge in [-0.05, 0) is 25.0 Å². The zero-order chi connectivity index (χ0) is 16.6. The normalized spacial score (nSPS) is 22.3. The molecule has 1 N–H and O–H groups in total. The van der Waals surface area contributed by atoms with Crippen LogP contribution in [-0.4, -0.2) is 40.6 Å². The van der Waals surface area contributed by atoms with E-state index in [1.54, 1.807) is 12.1 Å². The van der Waals surface area contributed by atoms with E-state index in [0.717, 1.165) is 11.8 Å². The maximum atomic E-state index is 13.0. The van der Waals surface area contributed by atoms with Crippen LogP contribution in [0.1, 0.15) is 19.8 Å². The molecule has 5 nitrogen and oxygen atoms in total. The Hall–Kier alpha value is -2.25. The number of alkyl halides is 3. The molecule has 8 heteroatoms. The summed E-state index contributed by atoms with van der Waals surface area (Å²) in [5, 5.41) is 2.99. The number of para-hydroxylation sites is 2. The second-order valence-corrected chi connectivity index (χ2v) is 5.63. The van der Waals surface area contributed by atoms with Crippen molar-refractivity contribution in [2.45, 2.75) is 38.0 Å². The van der Waals surface area contributed by atoms with Gasteiger partial charge in [0.1, 0.15) is 11.6 Å². The average Bonchev–Trinajstić information content (AvgIpc) is 2.88. The number of benzene rings is 1. The van der Waals surface area contributed by atoms with Gasteiger partial charge in [0.05, 0.1) is 0 Å². The van der Waals surface area contributed by atoms with Crippen LogP contribution in [0.25, 0.3) is 11.1 Å². The molecule has 1 aromatic heterocycles. The van der Waals surface area contributed by atoms with E-state index in [9.17, 15) is 18.0 Å². The number of anilines is 1. The van der Waals surface area contributed by atoms with Gasteiger partial charge in [-0.15, -0.1) is 0 Å². The summed E-state index contributed by atoms with van der Waals surface area (Å²) >= 11 is 0. The Morgan fingerprint density at radius 3 is 2.74 bits per heavy atom. The van der Waals surface area contributed by atoms with Crippen LogP contribution < -0.4 is 5.32 Å². The summed E-state index contributed by atoms with van der Waals surface area (Å²) in [5.41, 5.74) is 1.27. The van der Waals surface area contributed by atoms with E-state index in [-0.39, 0.29) is 31.4 Å². The van der Waals surface area contributed by atoms with Crippen molar-refractivity contribution in [1.82, 2.24) is 9.88 Å². The maximum absolute atomic E-state index is 13.0.